The van der Waals surface area contributed by atoms with Crippen LogP contribution in [-0.4, -0.2) is 19.0 Å². The van der Waals surface area contributed by atoms with E-state index in [-0.39, 0.29) is 5.41 Å². The largest absolute Gasteiger partial charge is 0.380 e. The first kappa shape index (κ1) is 7.73. The zero-order valence-electron chi connectivity index (χ0n) is 6.64. The van der Waals surface area contributed by atoms with Crippen LogP contribution in [0.4, 0.5) is 0 Å². The van der Waals surface area contributed by atoms with E-state index in [0.29, 0.717) is 18.8 Å². The van der Waals surface area contributed by atoms with Gasteiger partial charge in [0.2, 0.25) is 0 Å². The highest BCUT2D eigenvalue weighted by Crippen LogP contribution is 2.29. The molecule has 0 bridgehead atoms. The lowest BCUT2D eigenvalue weighted by Crippen LogP contribution is -2.27. The maximum absolute atomic E-state index is 11.3. The van der Waals surface area contributed by atoms with E-state index in [1.807, 2.05) is 13.8 Å². The van der Waals surface area contributed by atoms with Gasteiger partial charge in [-0.1, -0.05) is 13.8 Å². The summed E-state index contributed by atoms with van der Waals surface area (Å²) in [7, 11) is 0. The number of Topliss-reactive ketones (excluding diaryl/α,β-unsaturated/α-hetero) is 1. The van der Waals surface area contributed by atoms with Crippen molar-refractivity contribution in [2.75, 3.05) is 13.2 Å². The van der Waals surface area contributed by atoms with Crippen LogP contribution in [0.2, 0.25) is 0 Å². The summed E-state index contributed by atoms with van der Waals surface area (Å²) < 4.78 is 5.16. The summed E-state index contributed by atoms with van der Waals surface area (Å²) in [5.74, 6) is 0.338. The van der Waals surface area contributed by atoms with Gasteiger partial charge in [-0.25, -0.2) is 0 Å². The molecule has 58 valence electrons. The normalized spacial score (nSPS) is 32.6. The Kier molecular flexibility index (Phi) is 2.09. The van der Waals surface area contributed by atoms with Crippen molar-refractivity contribution in [1.29, 1.82) is 0 Å². The second-order valence-corrected chi connectivity index (χ2v) is 3.14. The molecule has 0 aliphatic carbocycles. The van der Waals surface area contributed by atoms with Crippen molar-refractivity contribution >= 4 is 5.78 Å². The van der Waals surface area contributed by atoms with E-state index in [9.17, 15) is 4.79 Å². The first-order valence-corrected chi connectivity index (χ1v) is 3.80. The number of carbonyl (C=O) groups is 1. The molecule has 1 aliphatic rings. The maximum Gasteiger partial charge on any atom is 0.140 e. The van der Waals surface area contributed by atoms with Crippen LogP contribution in [0.1, 0.15) is 26.7 Å². The zero-order valence-corrected chi connectivity index (χ0v) is 6.64. The third kappa shape index (κ3) is 1.21. The van der Waals surface area contributed by atoms with Crippen LogP contribution in [0.15, 0.2) is 0 Å². The SMILES string of the molecule is CCC(=O)[C@]1(C)CCOC1. The Labute approximate surface area is 61.6 Å². The Morgan fingerprint density at radius 1 is 1.70 bits per heavy atom. The highest BCUT2D eigenvalue weighted by atomic mass is 16.5. The van der Waals surface area contributed by atoms with E-state index in [0.717, 1.165) is 13.0 Å². The Morgan fingerprint density at radius 2 is 2.40 bits per heavy atom. The number of rotatable bonds is 2. The molecule has 0 N–H and O–H groups in total. The molecule has 2 nitrogen and oxygen atoms in total. The van der Waals surface area contributed by atoms with Gasteiger partial charge in [-0.3, -0.25) is 4.79 Å². The third-order valence-electron chi connectivity index (χ3n) is 2.21. The van der Waals surface area contributed by atoms with Gasteiger partial charge < -0.3 is 4.74 Å². The molecule has 0 aromatic heterocycles. The molecule has 1 atom stereocenters. The van der Waals surface area contributed by atoms with E-state index < -0.39 is 0 Å². The second kappa shape index (κ2) is 2.70. The second-order valence-electron chi connectivity index (χ2n) is 3.14. The van der Waals surface area contributed by atoms with Gasteiger partial charge in [0.15, 0.2) is 0 Å². The molecule has 0 saturated carbocycles. The van der Waals surface area contributed by atoms with Gasteiger partial charge in [-0.15, -0.1) is 0 Å². The summed E-state index contributed by atoms with van der Waals surface area (Å²) in [6.07, 6.45) is 1.54. The Morgan fingerprint density at radius 3 is 2.80 bits per heavy atom. The van der Waals surface area contributed by atoms with Crippen molar-refractivity contribution < 1.29 is 9.53 Å². The minimum Gasteiger partial charge on any atom is -0.380 e. The number of hydrogen-bond acceptors (Lipinski definition) is 2. The molecule has 1 rings (SSSR count). The molecule has 2 heteroatoms. The van der Waals surface area contributed by atoms with Crippen molar-refractivity contribution in [2.45, 2.75) is 26.7 Å². The lowest BCUT2D eigenvalue weighted by Gasteiger charge is -2.18. The molecule has 0 aromatic carbocycles. The molecule has 0 unspecified atom stereocenters. The standard InChI is InChI=1S/C8H14O2/c1-3-7(9)8(2)4-5-10-6-8/h3-6H2,1-2H3/t8-/m1/s1. The molecule has 0 spiro atoms. The average Bonchev–Trinajstić information content (AvgIpc) is 2.36. The fraction of sp³-hybridized carbons (Fsp3) is 0.875. The molecule has 1 saturated heterocycles. The van der Waals surface area contributed by atoms with Crippen LogP contribution >= 0.6 is 0 Å². The predicted octanol–water partition coefficient (Wildman–Crippen LogP) is 1.39. The minimum absolute atomic E-state index is 0.158. The maximum atomic E-state index is 11.3. The molecular formula is C8H14O2. The molecule has 1 heterocycles. The summed E-state index contributed by atoms with van der Waals surface area (Å²) in [4.78, 5) is 11.3. The fourth-order valence-corrected chi connectivity index (χ4v) is 1.31. The van der Waals surface area contributed by atoms with Gasteiger partial charge in [-0.05, 0) is 6.42 Å². The minimum atomic E-state index is -0.158. The lowest BCUT2D eigenvalue weighted by molar-refractivity contribution is -0.127. The van der Waals surface area contributed by atoms with E-state index in [2.05, 4.69) is 0 Å². The predicted molar refractivity (Wildman–Crippen MR) is 38.8 cm³/mol. The van der Waals surface area contributed by atoms with Gasteiger partial charge >= 0.3 is 0 Å². The fourth-order valence-electron chi connectivity index (χ4n) is 1.31. The molecular weight excluding hydrogens is 128 g/mol. The van der Waals surface area contributed by atoms with Crippen molar-refractivity contribution in [1.82, 2.24) is 0 Å². The van der Waals surface area contributed by atoms with E-state index in [1.165, 1.54) is 0 Å². The van der Waals surface area contributed by atoms with Gasteiger partial charge in [0.25, 0.3) is 0 Å². The molecule has 1 fully saturated rings. The van der Waals surface area contributed by atoms with Crippen LogP contribution in [-0.2, 0) is 9.53 Å². The first-order valence-electron chi connectivity index (χ1n) is 3.80. The highest BCUT2D eigenvalue weighted by molar-refractivity contribution is 5.84. The van der Waals surface area contributed by atoms with E-state index >= 15 is 0 Å². The summed E-state index contributed by atoms with van der Waals surface area (Å²) in [5, 5.41) is 0. The summed E-state index contributed by atoms with van der Waals surface area (Å²) in [5.41, 5.74) is -0.158. The van der Waals surface area contributed by atoms with Crippen LogP contribution in [0.25, 0.3) is 0 Å². The quantitative estimate of drug-likeness (QED) is 0.582. The van der Waals surface area contributed by atoms with Gasteiger partial charge in [0, 0.05) is 13.0 Å². The molecule has 10 heavy (non-hydrogen) atoms. The van der Waals surface area contributed by atoms with Crippen LogP contribution in [0.3, 0.4) is 0 Å². The Balaban J connectivity index is 2.58. The number of ether oxygens (including phenoxy) is 1. The molecule has 0 amide bonds. The molecule has 0 aromatic rings. The molecule has 0 radical (unpaired) electrons. The Bertz CT molecular complexity index is 134. The zero-order chi connectivity index (χ0) is 7.61. The first-order chi connectivity index (χ1) is 4.69. The van der Waals surface area contributed by atoms with Crippen molar-refractivity contribution in [3.05, 3.63) is 0 Å². The third-order valence-corrected chi connectivity index (χ3v) is 2.21. The van der Waals surface area contributed by atoms with Crippen molar-refractivity contribution in [3.63, 3.8) is 0 Å². The summed E-state index contributed by atoms with van der Waals surface area (Å²) in [6, 6.07) is 0. The lowest BCUT2D eigenvalue weighted by atomic mass is 9.84. The Hall–Kier alpha value is -0.370. The van der Waals surface area contributed by atoms with Crippen LogP contribution < -0.4 is 0 Å². The van der Waals surface area contributed by atoms with Gasteiger partial charge in [-0.2, -0.15) is 0 Å². The number of hydrogen-bond donors (Lipinski definition) is 0. The topological polar surface area (TPSA) is 26.3 Å². The van der Waals surface area contributed by atoms with E-state index in [4.69, 9.17) is 4.74 Å². The number of ketones is 1. The van der Waals surface area contributed by atoms with Crippen molar-refractivity contribution in [2.24, 2.45) is 5.41 Å². The van der Waals surface area contributed by atoms with Gasteiger partial charge in [0.1, 0.15) is 5.78 Å². The van der Waals surface area contributed by atoms with E-state index in [1.54, 1.807) is 0 Å². The number of carbonyl (C=O) groups excluding carboxylic acids is 1. The van der Waals surface area contributed by atoms with Gasteiger partial charge in [0.05, 0.1) is 12.0 Å². The highest BCUT2D eigenvalue weighted by Gasteiger charge is 2.35. The average molecular weight is 142 g/mol. The smallest absolute Gasteiger partial charge is 0.140 e. The van der Waals surface area contributed by atoms with Crippen LogP contribution in [0, 0.1) is 5.41 Å². The molecule has 1 aliphatic heterocycles. The summed E-state index contributed by atoms with van der Waals surface area (Å²) >= 11 is 0. The van der Waals surface area contributed by atoms with Crippen molar-refractivity contribution in [3.8, 4) is 0 Å². The monoisotopic (exact) mass is 142 g/mol. The van der Waals surface area contributed by atoms with Crippen LogP contribution in [0.5, 0.6) is 0 Å². The summed E-state index contributed by atoms with van der Waals surface area (Å²) in [6.45, 7) is 5.28.